The highest BCUT2D eigenvalue weighted by atomic mass is 32.1. The molecule has 0 atom stereocenters. The van der Waals surface area contributed by atoms with Crippen molar-refractivity contribution in [1.82, 2.24) is 18.9 Å². The molecule has 73 heavy (non-hydrogen) atoms. The van der Waals surface area contributed by atoms with Crippen molar-refractivity contribution in [3.8, 4) is 63.1 Å². The molecule has 356 valence electrons. The molecule has 0 aliphatic carbocycles. The predicted molar refractivity (Wildman–Crippen MR) is 284 cm³/mol. The van der Waals surface area contributed by atoms with Crippen molar-refractivity contribution >= 4 is 69.2 Å². The Morgan fingerprint density at radius 1 is 0.658 bits per heavy atom. The smallest absolute Gasteiger partial charge is 0.503 e. The first-order valence-corrected chi connectivity index (χ1v) is 24.8. The fourth-order valence-electron chi connectivity index (χ4n) is 9.37. The van der Waals surface area contributed by atoms with E-state index in [0.717, 1.165) is 15.8 Å². The van der Waals surface area contributed by atoms with Gasteiger partial charge < -0.3 is 41.5 Å². The van der Waals surface area contributed by atoms with E-state index in [1.807, 2.05) is 155 Å². The van der Waals surface area contributed by atoms with Crippen LogP contribution in [0.4, 0.5) is 0 Å². The third-order valence-electron chi connectivity index (χ3n) is 12.5. The summed E-state index contributed by atoms with van der Waals surface area (Å²) in [5, 5.41) is 14.1. The fourth-order valence-corrected chi connectivity index (χ4v) is 10.3. The summed E-state index contributed by atoms with van der Waals surface area (Å²) in [5.41, 5.74) is 5.44. The summed E-state index contributed by atoms with van der Waals surface area (Å²) in [4.78, 5) is 14.5. The van der Waals surface area contributed by atoms with E-state index in [-0.39, 0.29) is 29.0 Å². The molecule has 2 aliphatic heterocycles. The summed E-state index contributed by atoms with van der Waals surface area (Å²) < 4.78 is 51.5. The van der Waals surface area contributed by atoms with Crippen LogP contribution >= 0.6 is 11.3 Å². The van der Waals surface area contributed by atoms with E-state index >= 15 is 0 Å². The second-order valence-electron chi connectivity index (χ2n) is 18.8. The lowest BCUT2D eigenvalue weighted by molar-refractivity contribution is 0.271. The maximum atomic E-state index is 11.9. The largest absolute Gasteiger partial charge is 0.743 e. The average Bonchev–Trinajstić information content (AvgIpc) is 4.28. The number of nitriles is 1. The molecular formula is C57H44B2N6O7S. The number of aromatic nitrogens is 4. The molecule has 2 aliphatic rings. The van der Waals surface area contributed by atoms with Crippen LogP contribution in [0.1, 0.15) is 44.2 Å². The van der Waals surface area contributed by atoms with Crippen LogP contribution in [-0.4, -0.2) is 46.6 Å². The van der Waals surface area contributed by atoms with Gasteiger partial charge in [-0.15, -0.1) is 11.3 Å². The third kappa shape index (κ3) is 8.06. The molecule has 0 fully saturated rings. The zero-order valence-electron chi connectivity index (χ0n) is 40.5. The molecule has 4 aromatic heterocycles. The Morgan fingerprint density at radius 3 is 1.73 bits per heavy atom. The molecule has 0 bridgehead atoms. The molecule has 0 radical (unpaired) electrons. The molecule has 10 aromatic rings. The number of benzene rings is 6. The topological polar surface area (TPSA) is 132 Å². The van der Waals surface area contributed by atoms with Gasteiger partial charge in [0.05, 0.1) is 52.1 Å². The number of para-hydroxylation sites is 5. The summed E-state index contributed by atoms with van der Waals surface area (Å²) in [6, 6.07) is 46.6. The highest BCUT2D eigenvalue weighted by Crippen LogP contribution is 2.43. The van der Waals surface area contributed by atoms with Crippen LogP contribution in [0.15, 0.2) is 144 Å². The lowest BCUT2D eigenvalue weighted by Crippen LogP contribution is -2.44. The summed E-state index contributed by atoms with van der Waals surface area (Å²) in [5.74, 6) is 3.79. The summed E-state index contributed by atoms with van der Waals surface area (Å²) in [6.07, 6.45) is 0. The van der Waals surface area contributed by atoms with Gasteiger partial charge in [-0.2, -0.15) is 5.26 Å². The zero-order chi connectivity index (χ0) is 49.9. The molecule has 12 rings (SSSR count). The summed E-state index contributed by atoms with van der Waals surface area (Å²) >= 11 is 1.40. The Balaban J connectivity index is 1.34. The summed E-state index contributed by atoms with van der Waals surface area (Å²) in [6.45, 7) is 20.5. The van der Waals surface area contributed by atoms with Gasteiger partial charge in [0.15, 0.2) is 5.58 Å². The Kier molecular flexibility index (Phi) is 11.4. The molecule has 6 heterocycles. The van der Waals surface area contributed by atoms with Gasteiger partial charge in [0, 0.05) is 21.9 Å². The maximum Gasteiger partial charge on any atom is 0.743 e. The highest BCUT2D eigenvalue weighted by molar-refractivity contribution is 7.19. The lowest BCUT2D eigenvalue weighted by Gasteiger charge is -2.17. The number of ether oxygens (including phenoxy) is 2. The number of fused-ring (bicyclic) bond motifs is 5. The first-order valence-electron chi connectivity index (χ1n) is 24.0. The molecule has 0 saturated heterocycles. The van der Waals surface area contributed by atoms with E-state index in [4.69, 9.17) is 42.5 Å². The van der Waals surface area contributed by atoms with E-state index in [2.05, 4.69) is 38.6 Å². The van der Waals surface area contributed by atoms with Gasteiger partial charge in [-0.1, -0.05) is 94.4 Å². The normalized spacial score (nSPS) is 13.6. The van der Waals surface area contributed by atoms with Crippen LogP contribution in [0, 0.1) is 36.7 Å². The molecule has 0 saturated carbocycles. The van der Waals surface area contributed by atoms with E-state index in [1.54, 1.807) is 0 Å². The number of nitrogens with zero attached hydrogens (tertiary/aromatic N) is 6. The first-order chi connectivity index (χ1) is 35.6. The van der Waals surface area contributed by atoms with Crippen molar-refractivity contribution in [3.05, 3.63) is 178 Å². The molecule has 0 amide bonds. The minimum atomic E-state index is -1.20. The Hall–Kier alpha value is -8.85. The average molecular weight is 979 g/mol. The number of aryl methyl sites for hydroxylation is 1. The second-order valence-corrected chi connectivity index (χ2v) is 19.8. The number of rotatable bonds is 12. The van der Waals surface area contributed by atoms with Crippen molar-refractivity contribution in [2.45, 2.75) is 34.6 Å². The molecule has 0 unspecified atom stereocenters. The number of hydrogen-bond acceptors (Lipinski definition) is 11. The number of thiazole rings is 1. The van der Waals surface area contributed by atoms with E-state index in [1.165, 1.54) is 11.3 Å². The molecule has 6 aromatic carbocycles. The molecule has 0 spiro atoms. The van der Waals surface area contributed by atoms with E-state index in [0.29, 0.717) is 108 Å². The van der Waals surface area contributed by atoms with E-state index < -0.39 is 14.5 Å². The van der Waals surface area contributed by atoms with Gasteiger partial charge >= 0.3 is 14.5 Å². The second kappa shape index (κ2) is 18.4. The monoisotopic (exact) mass is 978 g/mol. The van der Waals surface area contributed by atoms with Crippen LogP contribution in [0.5, 0.6) is 34.5 Å². The van der Waals surface area contributed by atoms with Gasteiger partial charge in [-0.05, 0) is 97.1 Å². The van der Waals surface area contributed by atoms with Crippen molar-refractivity contribution in [1.29, 1.82) is 5.26 Å². The fraction of sp³-hybridized carbons (Fsp3) is 0.158. The highest BCUT2D eigenvalue weighted by Gasteiger charge is 2.45. The maximum absolute atomic E-state index is 11.9. The van der Waals surface area contributed by atoms with Gasteiger partial charge in [-0.25, -0.2) is 14.8 Å². The first kappa shape index (κ1) is 45.3. The minimum Gasteiger partial charge on any atom is -0.503 e. The third-order valence-corrected chi connectivity index (χ3v) is 13.6. The van der Waals surface area contributed by atoms with Crippen LogP contribution in [0.25, 0.3) is 70.7 Å². The standard InChI is InChI=1S/C57H44B2N6O7S/c1-33(2)31-66-38-17-13-15-36(28-38)52-49-50(55(65(52)59-71-46-22-10-11-23-47(46)72-59)51(61-6)56-62-42-27-35(5)25-26-43(42)68-56)53(37-16-14-18-39(29-37)67-32-34(3)4)64(58-69-44-20-8-9-21-45(44)70-58)54(49)40(30-60)57-63-41-19-7-12-24-48(41)73-57/h7-29,33-34H,31-32H2,1-5H3/b54-40-,55-51+. The Labute approximate surface area is 424 Å². The SMILES string of the molecule is [C-]#[N+]/C(c1nc2cc(C)ccc2o1)=c1\c2c(-c3cccc(OCC(C)C)c3)n(B3Oc4ccccc4O3)/c(=C(/C#N)c3nc4ccccc4s3)c2c(-c2cccc(OCC(C)C)c2)n1B1Oc2ccccc2O1. The molecule has 16 heteroatoms. The van der Waals surface area contributed by atoms with Gasteiger partial charge in [0.1, 0.15) is 56.7 Å². The van der Waals surface area contributed by atoms with Crippen LogP contribution < -0.4 is 38.8 Å². The van der Waals surface area contributed by atoms with Crippen LogP contribution in [0.2, 0.25) is 0 Å². The zero-order valence-corrected chi connectivity index (χ0v) is 41.3. The molecule has 13 nitrogen and oxygen atoms in total. The van der Waals surface area contributed by atoms with Crippen molar-refractivity contribution < 1.29 is 32.5 Å². The van der Waals surface area contributed by atoms with Crippen LogP contribution in [0.3, 0.4) is 0 Å². The Bertz CT molecular complexity index is 3910. The predicted octanol–water partition coefficient (Wildman–Crippen LogP) is 11.3. The van der Waals surface area contributed by atoms with Gasteiger partial charge in [0.2, 0.25) is 5.89 Å². The van der Waals surface area contributed by atoms with E-state index in [9.17, 15) is 11.8 Å². The molecular weight excluding hydrogens is 934 g/mol. The quantitative estimate of drug-likeness (QED) is 0.0861. The number of hydrogen-bond donors (Lipinski definition) is 0. The lowest BCUT2D eigenvalue weighted by atomic mass is 10.0. The van der Waals surface area contributed by atoms with Gasteiger partial charge in [0.25, 0.3) is 5.70 Å². The van der Waals surface area contributed by atoms with Crippen LogP contribution in [-0.2, 0) is 0 Å². The van der Waals surface area contributed by atoms with Crippen molar-refractivity contribution in [2.24, 2.45) is 11.8 Å². The van der Waals surface area contributed by atoms with Crippen molar-refractivity contribution in [2.75, 3.05) is 13.2 Å². The molecule has 0 N–H and O–H groups in total. The number of oxazole rings is 1. The Morgan fingerprint density at radius 2 is 1.19 bits per heavy atom. The van der Waals surface area contributed by atoms with Crippen molar-refractivity contribution in [3.63, 3.8) is 0 Å². The van der Waals surface area contributed by atoms with Gasteiger partial charge in [-0.3, -0.25) is 0 Å². The minimum absolute atomic E-state index is 0.0488. The summed E-state index contributed by atoms with van der Waals surface area (Å²) in [7, 11) is -2.39.